The number of alkyl halides is 2. The number of nitrogens with one attached hydrogen (secondary N) is 2. The Kier molecular flexibility index (Phi) is 9.28. The molecule has 0 saturated carbocycles. The van der Waals surface area contributed by atoms with Gasteiger partial charge in [0.2, 0.25) is 5.91 Å². The largest absolute Gasteiger partial charge is 0.493 e. The number of amides is 2. The van der Waals surface area contributed by atoms with Crippen molar-refractivity contribution in [2.24, 2.45) is 0 Å². The standard InChI is InChI=1S/C32H33F4N3O5/c1-19(39-13-11-32(12-14-39)25-17-23(34)8-9-26(25)38-31(41)44-32)15-24(21-4-6-22(33)7-5-21)29(40)37-18-20-3-10-27(43-30(35)36)28(16-20)42-2/h3-10,16-17,19,24,30H,11-15,18H2,1-2H3,(H,37,40)(H,38,41). The first kappa shape index (κ1) is 31.1. The zero-order chi connectivity index (χ0) is 31.4. The number of anilines is 1. The highest BCUT2D eigenvalue weighted by molar-refractivity contribution is 5.89. The molecule has 0 aliphatic carbocycles. The normalized spacial score (nSPS) is 17.3. The van der Waals surface area contributed by atoms with Crippen molar-refractivity contribution in [3.63, 3.8) is 0 Å². The van der Waals surface area contributed by atoms with Crippen LogP contribution in [0.1, 0.15) is 48.8 Å². The van der Waals surface area contributed by atoms with Gasteiger partial charge in [0.05, 0.1) is 18.7 Å². The molecule has 234 valence electrons. The first-order chi connectivity index (χ1) is 21.1. The van der Waals surface area contributed by atoms with Crippen LogP contribution in [-0.2, 0) is 21.7 Å². The van der Waals surface area contributed by atoms with E-state index < -0.39 is 35.9 Å². The van der Waals surface area contributed by atoms with E-state index in [4.69, 9.17) is 9.47 Å². The van der Waals surface area contributed by atoms with E-state index in [-0.39, 0.29) is 30.0 Å². The number of carbonyl (C=O) groups excluding carboxylic acids is 2. The van der Waals surface area contributed by atoms with Crippen molar-refractivity contribution in [2.45, 2.75) is 56.9 Å². The molecule has 2 aliphatic rings. The average molecular weight is 616 g/mol. The summed E-state index contributed by atoms with van der Waals surface area (Å²) >= 11 is 0. The Morgan fingerprint density at radius 3 is 2.41 bits per heavy atom. The summed E-state index contributed by atoms with van der Waals surface area (Å²) in [5, 5.41) is 5.54. The van der Waals surface area contributed by atoms with Gasteiger partial charge in [-0.1, -0.05) is 18.2 Å². The van der Waals surface area contributed by atoms with Crippen molar-refractivity contribution >= 4 is 17.7 Å². The van der Waals surface area contributed by atoms with Crippen LogP contribution in [-0.4, -0.2) is 49.8 Å². The fourth-order valence-electron chi connectivity index (χ4n) is 5.98. The highest BCUT2D eigenvalue weighted by Gasteiger charge is 2.45. The van der Waals surface area contributed by atoms with Gasteiger partial charge in [-0.3, -0.25) is 10.1 Å². The zero-order valence-electron chi connectivity index (χ0n) is 24.2. The van der Waals surface area contributed by atoms with Crippen LogP contribution in [0.15, 0.2) is 60.7 Å². The Bertz CT molecular complexity index is 1500. The number of ether oxygens (including phenoxy) is 3. The minimum Gasteiger partial charge on any atom is -0.493 e. The molecular weight excluding hydrogens is 582 g/mol. The second-order valence-corrected chi connectivity index (χ2v) is 11.0. The van der Waals surface area contributed by atoms with Crippen molar-refractivity contribution in [1.82, 2.24) is 10.2 Å². The van der Waals surface area contributed by atoms with Crippen LogP contribution in [0.2, 0.25) is 0 Å². The Morgan fingerprint density at radius 1 is 1.02 bits per heavy atom. The monoisotopic (exact) mass is 615 g/mol. The molecule has 8 nitrogen and oxygen atoms in total. The highest BCUT2D eigenvalue weighted by atomic mass is 19.3. The maximum absolute atomic E-state index is 14.1. The van der Waals surface area contributed by atoms with Gasteiger partial charge in [0.1, 0.15) is 17.2 Å². The SMILES string of the molecule is COc1cc(CNC(=O)C(CC(C)N2CCC3(CC2)OC(=O)Nc2ccc(F)cc23)c2ccc(F)cc2)ccc1OC(F)F. The predicted octanol–water partition coefficient (Wildman–Crippen LogP) is 6.31. The molecule has 44 heavy (non-hydrogen) atoms. The topological polar surface area (TPSA) is 89.1 Å². The molecule has 3 aromatic carbocycles. The molecule has 2 amide bonds. The van der Waals surface area contributed by atoms with Crippen molar-refractivity contribution in [3.8, 4) is 11.5 Å². The number of benzene rings is 3. The van der Waals surface area contributed by atoms with Crippen LogP contribution in [0.4, 0.5) is 28.0 Å². The number of rotatable bonds is 10. The average Bonchev–Trinajstić information content (AvgIpc) is 3.00. The number of fused-ring (bicyclic) bond motifs is 2. The number of methoxy groups -OCH3 is 1. The van der Waals surface area contributed by atoms with Crippen LogP contribution in [0, 0.1) is 11.6 Å². The zero-order valence-corrected chi connectivity index (χ0v) is 24.2. The summed E-state index contributed by atoms with van der Waals surface area (Å²) in [6, 6.07) is 14.3. The summed E-state index contributed by atoms with van der Waals surface area (Å²) < 4.78 is 68.6. The van der Waals surface area contributed by atoms with Gasteiger partial charge in [0, 0.05) is 44.1 Å². The summed E-state index contributed by atoms with van der Waals surface area (Å²) in [5.74, 6) is -1.77. The van der Waals surface area contributed by atoms with Crippen LogP contribution in [0.5, 0.6) is 11.5 Å². The van der Waals surface area contributed by atoms with E-state index >= 15 is 0 Å². The van der Waals surface area contributed by atoms with E-state index in [1.54, 1.807) is 18.2 Å². The summed E-state index contributed by atoms with van der Waals surface area (Å²) in [7, 11) is 1.33. The summed E-state index contributed by atoms with van der Waals surface area (Å²) in [6.45, 7) is 0.157. The molecule has 2 unspecified atom stereocenters. The van der Waals surface area contributed by atoms with Gasteiger partial charge in [0.25, 0.3) is 0 Å². The maximum Gasteiger partial charge on any atom is 0.412 e. The van der Waals surface area contributed by atoms with Crippen molar-refractivity contribution in [2.75, 3.05) is 25.5 Å². The number of hydrogen-bond donors (Lipinski definition) is 2. The fraction of sp³-hybridized carbons (Fsp3) is 0.375. The lowest BCUT2D eigenvalue weighted by Crippen LogP contribution is -2.50. The number of halogens is 4. The van der Waals surface area contributed by atoms with E-state index in [9.17, 15) is 27.2 Å². The predicted molar refractivity (Wildman–Crippen MR) is 154 cm³/mol. The lowest BCUT2D eigenvalue weighted by Gasteiger charge is -2.46. The van der Waals surface area contributed by atoms with E-state index in [2.05, 4.69) is 20.3 Å². The summed E-state index contributed by atoms with van der Waals surface area (Å²) in [5.41, 5.74) is 1.45. The smallest absolute Gasteiger partial charge is 0.412 e. The molecule has 0 bridgehead atoms. The van der Waals surface area contributed by atoms with Crippen molar-refractivity contribution in [3.05, 3.63) is 89.0 Å². The molecule has 2 N–H and O–H groups in total. The number of piperidine rings is 1. The molecule has 2 aliphatic heterocycles. The molecular formula is C32H33F4N3O5. The number of hydrogen-bond acceptors (Lipinski definition) is 6. The van der Waals surface area contributed by atoms with Gasteiger partial charge < -0.3 is 24.4 Å². The molecule has 12 heteroatoms. The van der Waals surface area contributed by atoms with Crippen LogP contribution >= 0.6 is 0 Å². The van der Waals surface area contributed by atoms with E-state index in [0.29, 0.717) is 54.7 Å². The van der Waals surface area contributed by atoms with Gasteiger partial charge in [-0.25, -0.2) is 13.6 Å². The summed E-state index contributed by atoms with van der Waals surface area (Å²) in [6.07, 6.45) is 0.720. The Labute approximate surface area is 252 Å². The third-order valence-electron chi connectivity index (χ3n) is 8.30. The molecule has 0 aromatic heterocycles. The first-order valence-corrected chi connectivity index (χ1v) is 14.3. The van der Waals surface area contributed by atoms with Gasteiger partial charge in [-0.2, -0.15) is 8.78 Å². The second kappa shape index (κ2) is 13.1. The Hall–Kier alpha value is -4.32. The van der Waals surface area contributed by atoms with Crippen molar-refractivity contribution < 1.29 is 41.4 Å². The van der Waals surface area contributed by atoms with Crippen molar-refractivity contribution in [1.29, 1.82) is 0 Å². The maximum atomic E-state index is 14.1. The molecule has 2 atom stereocenters. The van der Waals surface area contributed by atoms with Crippen LogP contribution in [0.25, 0.3) is 0 Å². The van der Waals surface area contributed by atoms with Gasteiger partial charge in [-0.15, -0.1) is 0 Å². The molecule has 1 saturated heterocycles. The molecule has 3 aromatic rings. The van der Waals surface area contributed by atoms with Crippen LogP contribution < -0.4 is 20.1 Å². The summed E-state index contributed by atoms with van der Waals surface area (Å²) in [4.78, 5) is 28.1. The molecule has 5 rings (SSSR count). The van der Waals surface area contributed by atoms with Crippen LogP contribution in [0.3, 0.4) is 0 Å². The van der Waals surface area contributed by atoms with Gasteiger partial charge in [-0.05, 0) is 66.9 Å². The molecule has 0 radical (unpaired) electrons. The number of likely N-dealkylation sites (tertiary alicyclic amines) is 1. The van der Waals surface area contributed by atoms with Gasteiger partial charge >= 0.3 is 12.7 Å². The van der Waals surface area contributed by atoms with Gasteiger partial charge in [0.15, 0.2) is 11.5 Å². The number of nitrogens with zero attached hydrogens (tertiary/aromatic N) is 1. The fourth-order valence-corrected chi connectivity index (χ4v) is 5.98. The first-order valence-electron chi connectivity index (χ1n) is 14.3. The lowest BCUT2D eigenvalue weighted by atomic mass is 9.81. The molecule has 1 spiro atoms. The number of carbonyl (C=O) groups is 2. The minimum atomic E-state index is -3.01. The molecule has 2 heterocycles. The Morgan fingerprint density at radius 2 is 1.73 bits per heavy atom. The van der Waals surface area contributed by atoms with E-state index in [1.165, 1.54) is 49.6 Å². The molecule has 1 fully saturated rings. The lowest BCUT2D eigenvalue weighted by molar-refractivity contribution is -0.123. The highest BCUT2D eigenvalue weighted by Crippen LogP contribution is 2.44. The Balaban J connectivity index is 1.27. The second-order valence-electron chi connectivity index (χ2n) is 11.0. The quantitative estimate of drug-likeness (QED) is 0.260. The van der Waals surface area contributed by atoms with E-state index in [0.717, 1.165) is 0 Å². The third kappa shape index (κ3) is 6.91. The van der Waals surface area contributed by atoms with E-state index in [1.807, 2.05) is 6.92 Å². The third-order valence-corrected chi connectivity index (χ3v) is 8.30. The minimum absolute atomic E-state index is 0.0941.